The van der Waals surface area contributed by atoms with Crippen LogP contribution in [0.3, 0.4) is 0 Å². The van der Waals surface area contributed by atoms with E-state index in [-0.39, 0.29) is 10.8 Å². The molecule has 0 spiro atoms. The van der Waals surface area contributed by atoms with Gasteiger partial charge in [-0.15, -0.1) is 0 Å². The number of imidazole rings is 1. The summed E-state index contributed by atoms with van der Waals surface area (Å²) < 4.78 is 26.5. The van der Waals surface area contributed by atoms with E-state index in [9.17, 15) is 23.8 Å². The van der Waals surface area contributed by atoms with Gasteiger partial charge in [-0.2, -0.15) is 5.26 Å². The molecule has 0 aliphatic heterocycles. The normalized spacial score (nSPS) is 12.2. The Hall–Kier alpha value is -3.45. The average molecular weight is 357 g/mol. The van der Waals surface area contributed by atoms with E-state index in [1.807, 2.05) is 0 Å². The molecule has 2 heterocycles. The first-order valence-corrected chi connectivity index (χ1v) is 8.42. The maximum absolute atomic E-state index is 12.6. The van der Waals surface area contributed by atoms with Crippen molar-refractivity contribution in [2.45, 2.75) is 5.16 Å². The second-order valence-electron chi connectivity index (χ2n) is 5.18. The number of nitro benzene ring substituents is 1. The monoisotopic (exact) mass is 357 g/mol. The van der Waals surface area contributed by atoms with Crippen LogP contribution < -0.4 is 0 Å². The first-order valence-electron chi connectivity index (χ1n) is 6.94. The van der Waals surface area contributed by atoms with Crippen LogP contribution in [-0.4, -0.2) is 27.9 Å². The fourth-order valence-electron chi connectivity index (χ4n) is 2.38. The molecule has 0 aliphatic carbocycles. The number of nitro groups is 1. The Morgan fingerprint density at radius 1 is 1.48 bits per heavy atom. The summed E-state index contributed by atoms with van der Waals surface area (Å²) in [6.07, 6.45) is 5.43. The smallest absolute Gasteiger partial charge is 0.270 e. The van der Waals surface area contributed by atoms with Crippen molar-refractivity contribution in [1.29, 1.82) is 5.26 Å². The number of aromatic nitrogens is 3. The summed E-state index contributed by atoms with van der Waals surface area (Å²) >= 11 is 0. The van der Waals surface area contributed by atoms with Gasteiger partial charge in [0.05, 0.1) is 4.92 Å². The number of sulfone groups is 1. The number of allylic oxidation sites excluding steroid dienone is 1. The van der Waals surface area contributed by atoms with Crippen LogP contribution in [0.4, 0.5) is 5.69 Å². The Morgan fingerprint density at radius 3 is 2.84 bits per heavy atom. The lowest BCUT2D eigenvalue weighted by Crippen LogP contribution is -2.09. The predicted octanol–water partition coefficient (Wildman–Crippen LogP) is 2.15. The molecule has 3 rings (SSSR count). The van der Waals surface area contributed by atoms with E-state index in [1.54, 1.807) is 6.07 Å². The third-order valence-corrected chi connectivity index (χ3v) is 5.27. The highest BCUT2D eigenvalue weighted by Gasteiger charge is 2.25. The largest absolute Gasteiger partial charge is 0.361 e. The highest BCUT2D eigenvalue weighted by molar-refractivity contribution is 7.95. The molecule has 0 radical (unpaired) electrons. The van der Waals surface area contributed by atoms with Gasteiger partial charge in [-0.05, 0) is 12.1 Å². The number of H-pyrrole nitrogens is 1. The zero-order chi connectivity index (χ0) is 18.2. The van der Waals surface area contributed by atoms with Gasteiger partial charge in [0.1, 0.15) is 6.07 Å². The molecule has 3 aromatic rings. The van der Waals surface area contributed by atoms with Gasteiger partial charge >= 0.3 is 0 Å². The number of nitrogens with zero attached hydrogens (tertiary/aromatic N) is 4. The highest BCUT2D eigenvalue weighted by atomic mass is 32.2. The van der Waals surface area contributed by atoms with Crippen molar-refractivity contribution < 1.29 is 13.3 Å². The van der Waals surface area contributed by atoms with E-state index >= 15 is 0 Å². The minimum Gasteiger partial charge on any atom is -0.361 e. The van der Waals surface area contributed by atoms with E-state index in [4.69, 9.17) is 0 Å². The van der Waals surface area contributed by atoms with E-state index in [1.165, 1.54) is 54.5 Å². The second kappa shape index (κ2) is 5.88. The van der Waals surface area contributed by atoms with Crippen molar-refractivity contribution in [2.24, 2.45) is 7.05 Å². The molecule has 0 amide bonds. The van der Waals surface area contributed by atoms with Crippen molar-refractivity contribution >= 4 is 32.5 Å². The summed E-state index contributed by atoms with van der Waals surface area (Å²) in [5.41, 5.74) is 0.809. The zero-order valence-corrected chi connectivity index (χ0v) is 13.7. The molecule has 2 aromatic heterocycles. The van der Waals surface area contributed by atoms with Gasteiger partial charge in [-0.3, -0.25) is 10.1 Å². The van der Waals surface area contributed by atoms with Crippen LogP contribution >= 0.6 is 0 Å². The molecule has 0 aliphatic rings. The van der Waals surface area contributed by atoms with E-state index in [0.717, 1.165) is 0 Å². The topological polar surface area (TPSA) is 135 Å². The molecule has 126 valence electrons. The van der Waals surface area contributed by atoms with Crippen LogP contribution in [0.2, 0.25) is 0 Å². The molecule has 0 saturated heterocycles. The average Bonchev–Trinajstić information content (AvgIpc) is 3.18. The summed E-state index contributed by atoms with van der Waals surface area (Å²) in [5.74, 6) is 0. The Bertz CT molecular complexity index is 1160. The Balaban J connectivity index is 2.17. The molecule has 0 saturated carbocycles. The van der Waals surface area contributed by atoms with Crippen LogP contribution in [0, 0.1) is 21.4 Å². The van der Waals surface area contributed by atoms with Gasteiger partial charge in [0.2, 0.25) is 15.0 Å². The number of benzene rings is 1. The third kappa shape index (κ3) is 2.77. The van der Waals surface area contributed by atoms with Crippen molar-refractivity contribution in [2.75, 3.05) is 0 Å². The van der Waals surface area contributed by atoms with Gasteiger partial charge in [-0.25, -0.2) is 13.4 Å². The number of hydrogen-bond donors (Lipinski definition) is 1. The summed E-state index contributed by atoms with van der Waals surface area (Å²) in [5, 5.41) is 20.4. The Morgan fingerprint density at radius 2 is 2.24 bits per heavy atom. The number of aromatic amines is 1. The summed E-state index contributed by atoms with van der Waals surface area (Å²) in [7, 11) is -2.60. The van der Waals surface area contributed by atoms with E-state index in [0.29, 0.717) is 16.5 Å². The minimum absolute atomic E-state index is 0.132. The second-order valence-corrected chi connectivity index (χ2v) is 6.99. The lowest BCUT2D eigenvalue weighted by molar-refractivity contribution is -0.384. The molecule has 10 heteroatoms. The summed E-state index contributed by atoms with van der Waals surface area (Å²) in [6, 6.07) is 5.84. The number of fused-ring (bicyclic) bond motifs is 1. The maximum atomic E-state index is 12.6. The lowest BCUT2D eigenvalue weighted by Gasteiger charge is -2.02. The quantitative estimate of drug-likeness (QED) is 0.432. The SMILES string of the molecule is Cn1ccnc1S(=O)(=O)/C(C#N)=C/c1c[nH]c2ccc([N+](=O)[O-])cc12. The zero-order valence-electron chi connectivity index (χ0n) is 12.9. The van der Waals surface area contributed by atoms with Gasteiger partial charge in [0.25, 0.3) is 5.69 Å². The third-order valence-electron chi connectivity index (χ3n) is 3.61. The molecule has 0 bridgehead atoms. The molecule has 0 unspecified atom stereocenters. The van der Waals surface area contributed by atoms with Gasteiger partial charge in [0, 0.05) is 54.2 Å². The Kier molecular flexibility index (Phi) is 3.86. The van der Waals surface area contributed by atoms with Crippen LogP contribution in [0.5, 0.6) is 0 Å². The molecule has 1 N–H and O–H groups in total. The summed E-state index contributed by atoms with van der Waals surface area (Å²) in [6.45, 7) is 0. The fraction of sp³-hybridized carbons (Fsp3) is 0.0667. The number of rotatable bonds is 4. The van der Waals surface area contributed by atoms with Crippen LogP contribution in [0.25, 0.3) is 17.0 Å². The molecule has 0 fully saturated rings. The van der Waals surface area contributed by atoms with Crippen molar-refractivity contribution in [3.63, 3.8) is 0 Å². The first-order chi connectivity index (χ1) is 11.8. The highest BCUT2D eigenvalue weighted by Crippen LogP contribution is 2.27. The van der Waals surface area contributed by atoms with Crippen LogP contribution in [0.1, 0.15) is 5.56 Å². The standard InChI is InChI=1S/C15H11N5O4S/c1-19-5-4-17-15(19)25(23,24)12(8-16)6-10-9-18-14-3-2-11(20(21)22)7-13(10)14/h2-7,9,18H,1H3/b12-6+. The molecule has 1 aromatic carbocycles. The molecule has 9 nitrogen and oxygen atoms in total. The molecule has 0 atom stereocenters. The number of aryl methyl sites for hydroxylation is 1. The van der Waals surface area contributed by atoms with Crippen molar-refractivity contribution in [3.8, 4) is 6.07 Å². The number of hydrogen-bond acceptors (Lipinski definition) is 6. The minimum atomic E-state index is -4.11. The van der Waals surface area contributed by atoms with Crippen molar-refractivity contribution in [3.05, 3.63) is 57.4 Å². The molecular formula is C15H11N5O4S. The lowest BCUT2D eigenvalue weighted by atomic mass is 10.1. The van der Waals surface area contributed by atoms with Crippen LogP contribution in [0.15, 0.2) is 46.9 Å². The van der Waals surface area contributed by atoms with Gasteiger partial charge in [-0.1, -0.05) is 0 Å². The first kappa shape index (κ1) is 16.4. The Labute approximate surface area is 141 Å². The number of nitrogens with one attached hydrogen (secondary N) is 1. The maximum Gasteiger partial charge on any atom is 0.270 e. The predicted molar refractivity (Wildman–Crippen MR) is 88.9 cm³/mol. The fourth-order valence-corrected chi connectivity index (χ4v) is 3.62. The van der Waals surface area contributed by atoms with Gasteiger partial charge in [0.15, 0.2) is 4.91 Å². The number of non-ortho nitro benzene ring substituents is 1. The van der Waals surface area contributed by atoms with E-state index < -0.39 is 19.7 Å². The van der Waals surface area contributed by atoms with Gasteiger partial charge < -0.3 is 9.55 Å². The van der Waals surface area contributed by atoms with Crippen molar-refractivity contribution in [1.82, 2.24) is 14.5 Å². The van der Waals surface area contributed by atoms with Crippen LogP contribution in [-0.2, 0) is 16.9 Å². The van der Waals surface area contributed by atoms with E-state index in [2.05, 4.69) is 9.97 Å². The molecule has 25 heavy (non-hydrogen) atoms. The summed E-state index contributed by atoms with van der Waals surface area (Å²) in [4.78, 5) is 16.5. The number of nitriles is 1. The molecular weight excluding hydrogens is 346 g/mol.